The fourth-order valence-corrected chi connectivity index (χ4v) is 0.309. The van der Waals surface area contributed by atoms with E-state index in [1.807, 2.05) is 0 Å². The third-order valence-corrected chi connectivity index (χ3v) is 0.702. The minimum absolute atomic E-state index is 0. The molecule has 0 aromatic rings. The second-order valence-electron chi connectivity index (χ2n) is 1.59. The SMILES string of the molecule is CC(O)CCC=O.[H-].[H-].[Mg+2]. The molecule has 1 unspecified atom stereocenters. The van der Waals surface area contributed by atoms with Crippen molar-refractivity contribution in [2.75, 3.05) is 0 Å². The van der Waals surface area contributed by atoms with Crippen molar-refractivity contribution >= 4 is 29.3 Å². The number of aliphatic hydroxyl groups is 1. The Balaban J connectivity index is -0.0000000600. The van der Waals surface area contributed by atoms with E-state index in [1.165, 1.54) is 0 Å². The van der Waals surface area contributed by atoms with Gasteiger partial charge >= 0.3 is 23.1 Å². The Kier molecular flexibility index (Phi) is 10.4. The van der Waals surface area contributed by atoms with E-state index in [0.29, 0.717) is 12.8 Å². The van der Waals surface area contributed by atoms with Gasteiger partial charge in [-0.1, -0.05) is 0 Å². The van der Waals surface area contributed by atoms with E-state index in [0.717, 1.165) is 6.29 Å². The van der Waals surface area contributed by atoms with E-state index in [4.69, 9.17) is 5.11 Å². The summed E-state index contributed by atoms with van der Waals surface area (Å²) < 4.78 is 0. The summed E-state index contributed by atoms with van der Waals surface area (Å²) in [5.74, 6) is 0. The van der Waals surface area contributed by atoms with Crippen LogP contribution in [0.5, 0.6) is 0 Å². The van der Waals surface area contributed by atoms with Crippen LogP contribution in [0.1, 0.15) is 22.6 Å². The van der Waals surface area contributed by atoms with Gasteiger partial charge in [0.05, 0.1) is 6.10 Å². The van der Waals surface area contributed by atoms with Crippen molar-refractivity contribution in [3.8, 4) is 0 Å². The van der Waals surface area contributed by atoms with Gasteiger partial charge < -0.3 is 12.8 Å². The number of hydrogen-bond acceptors (Lipinski definition) is 2. The zero-order chi connectivity index (χ0) is 5.70. The normalized spacial score (nSPS) is 11.8. The Hall–Kier alpha value is 0.396. The van der Waals surface area contributed by atoms with Crippen molar-refractivity contribution in [3.63, 3.8) is 0 Å². The molecule has 0 aliphatic heterocycles. The van der Waals surface area contributed by atoms with Crippen molar-refractivity contribution in [3.05, 3.63) is 0 Å². The average molecular weight is 128 g/mol. The van der Waals surface area contributed by atoms with Crippen LogP contribution in [0, 0.1) is 0 Å². The van der Waals surface area contributed by atoms with Crippen molar-refractivity contribution in [1.29, 1.82) is 0 Å². The molecule has 1 N–H and O–H groups in total. The Morgan fingerprint density at radius 2 is 2.38 bits per heavy atom. The van der Waals surface area contributed by atoms with E-state index in [1.54, 1.807) is 6.92 Å². The monoisotopic (exact) mass is 128 g/mol. The summed E-state index contributed by atoms with van der Waals surface area (Å²) in [6, 6.07) is 0. The third kappa shape index (κ3) is 9.64. The van der Waals surface area contributed by atoms with Crippen LogP contribution in [0.3, 0.4) is 0 Å². The van der Waals surface area contributed by atoms with Gasteiger partial charge in [0.25, 0.3) is 0 Å². The summed E-state index contributed by atoms with van der Waals surface area (Å²) in [7, 11) is 0. The molecule has 0 aliphatic carbocycles. The molecule has 0 spiro atoms. The Morgan fingerprint density at radius 3 is 2.50 bits per heavy atom. The van der Waals surface area contributed by atoms with Gasteiger partial charge in [-0.2, -0.15) is 0 Å². The molecule has 0 amide bonds. The van der Waals surface area contributed by atoms with Crippen molar-refractivity contribution in [1.82, 2.24) is 0 Å². The first kappa shape index (κ1) is 11.2. The number of rotatable bonds is 3. The van der Waals surface area contributed by atoms with Crippen LogP contribution in [-0.4, -0.2) is 40.5 Å². The standard InChI is InChI=1S/C5H10O2.Mg.2H/c1-5(7)3-2-4-6;;;/h4-5,7H,2-3H2,1H3;;;/q;+2;2*-1. The van der Waals surface area contributed by atoms with E-state index in [9.17, 15) is 4.79 Å². The summed E-state index contributed by atoms with van der Waals surface area (Å²) in [5, 5.41) is 8.52. The topological polar surface area (TPSA) is 37.3 Å². The molecule has 0 aromatic carbocycles. The fraction of sp³-hybridized carbons (Fsp3) is 0.800. The zero-order valence-electron chi connectivity index (χ0n) is 7.13. The predicted octanol–water partition coefficient (Wildman–Crippen LogP) is 0.190. The second-order valence-corrected chi connectivity index (χ2v) is 1.59. The summed E-state index contributed by atoms with van der Waals surface area (Å²) >= 11 is 0. The van der Waals surface area contributed by atoms with Crippen LogP contribution in [-0.2, 0) is 4.79 Å². The molecular weight excluding hydrogens is 116 g/mol. The second kappa shape index (κ2) is 7.40. The van der Waals surface area contributed by atoms with Gasteiger partial charge in [-0.05, 0) is 13.3 Å². The largest absolute Gasteiger partial charge is 2.00 e. The molecule has 3 heteroatoms. The predicted molar refractivity (Wildman–Crippen MR) is 35.0 cm³/mol. The van der Waals surface area contributed by atoms with Gasteiger partial charge in [0.2, 0.25) is 0 Å². The van der Waals surface area contributed by atoms with Gasteiger partial charge in [0.15, 0.2) is 0 Å². The molecule has 0 saturated carbocycles. The molecule has 0 radical (unpaired) electrons. The van der Waals surface area contributed by atoms with E-state index >= 15 is 0 Å². The first-order valence-corrected chi connectivity index (χ1v) is 2.39. The van der Waals surface area contributed by atoms with Crippen molar-refractivity contribution < 1.29 is 12.8 Å². The molecule has 0 heterocycles. The molecule has 0 rings (SSSR count). The van der Waals surface area contributed by atoms with Crippen LogP contribution < -0.4 is 0 Å². The average Bonchev–Trinajstić information content (AvgIpc) is 1.61. The number of aliphatic hydroxyl groups excluding tert-OH is 1. The third-order valence-electron chi connectivity index (χ3n) is 0.702. The fourth-order valence-electron chi connectivity index (χ4n) is 0.309. The summed E-state index contributed by atoms with van der Waals surface area (Å²) in [5.41, 5.74) is 0. The number of carbonyl (C=O) groups is 1. The van der Waals surface area contributed by atoms with Gasteiger partial charge in [0, 0.05) is 6.42 Å². The van der Waals surface area contributed by atoms with Crippen molar-refractivity contribution in [2.45, 2.75) is 25.9 Å². The smallest absolute Gasteiger partial charge is 1.00 e. The van der Waals surface area contributed by atoms with Gasteiger partial charge in [0.1, 0.15) is 6.29 Å². The van der Waals surface area contributed by atoms with Crippen LogP contribution >= 0.6 is 0 Å². The van der Waals surface area contributed by atoms with Gasteiger partial charge in [-0.25, -0.2) is 0 Å². The van der Waals surface area contributed by atoms with Crippen LogP contribution in [0.2, 0.25) is 0 Å². The molecule has 2 nitrogen and oxygen atoms in total. The first-order chi connectivity index (χ1) is 3.27. The number of aldehydes is 1. The van der Waals surface area contributed by atoms with Crippen LogP contribution in [0.25, 0.3) is 0 Å². The molecule has 8 heavy (non-hydrogen) atoms. The summed E-state index contributed by atoms with van der Waals surface area (Å²) in [4.78, 5) is 9.60. The maximum absolute atomic E-state index is 9.60. The molecule has 0 saturated heterocycles. The molecule has 46 valence electrons. The van der Waals surface area contributed by atoms with Gasteiger partial charge in [-0.3, -0.25) is 0 Å². The van der Waals surface area contributed by atoms with Crippen LogP contribution in [0.15, 0.2) is 0 Å². The Labute approximate surface area is 68.4 Å². The summed E-state index contributed by atoms with van der Waals surface area (Å²) in [6.07, 6.45) is 1.54. The summed E-state index contributed by atoms with van der Waals surface area (Å²) in [6.45, 7) is 1.67. The number of hydrogen-bond donors (Lipinski definition) is 1. The molecule has 1 atom stereocenters. The zero-order valence-corrected chi connectivity index (χ0v) is 6.55. The van der Waals surface area contributed by atoms with E-state index in [-0.39, 0.29) is 32.0 Å². The van der Waals surface area contributed by atoms with Gasteiger partial charge in [-0.15, -0.1) is 0 Å². The Morgan fingerprint density at radius 1 is 1.88 bits per heavy atom. The van der Waals surface area contributed by atoms with E-state index < -0.39 is 0 Å². The maximum atomic E-state index is 9.60. The van der Waals surface area contributed by atoms with Crippen LogP contribution in [0.4, 0.5) is 0 Å². The quantitative estimate of drug-likeness (QED) is 0.435. The number of carbonyl (C=O) groups excluding carboxylic acids is 1. The van der Waals surface area contributed by atoms with E-state index in [2.05, 4.69) is 0 Å². The molecule has 0 aromatic heterocycles. The maximum Gasteiger partial charge on any atom is 2.00 e. The molecular formula is C5H12MgO2. The Bertz CT molecular complexity index is 61.6. The van der Waals surface area contributed by atoms with Crippen molar-refractivity contribution in [2.24, 2.45) is 0 Å². The minimum Gasteiger partial charge on any atom is -1.00 e. The molecule has 0 fully saturated rings. The first-order valence-electron chi connectivity index (χ1n) is 2.39. The molecule has 0 aliphatic rings. The molecule has 0 bridgehead atoms. The minimum atomic E-state index is -0.329.